The maximum atomic E-state index is 11.1. The molecule has 0 amide bonds. The van der Waals surface area contributed by atoms with Gasteiger partial charge in [0, 0.05) is 28.2 Å². The van der Waals surface area contributed by atoms with Gasteiger partial charge in [0.1, 0.15) is 5.75 Å². The van der Waals surface area contributed by atoms with E-state index in [1.54, 1.807) is 7.11 Å². The SMILES string of the molecule is COc1c(C)c(Br)cc(C)c1C1CC(C(=O)O)CN1. The first-order chi connectivity index (χ1) is 8.95. The second-order valence-corrected chi connectivity index (χ2v) is 5.83. The number of halogens is 1. The van der Waals surface area contributed by atoms with Crippen molar-refractivity contribution in [2.24, 2.45) is 5.92 Å². The Morgan fingerprint density at radius 3 is 2.74 bits per heavy atom. The number of hydrogen-bond acceptors (Lipinski definition) is 3. The number of nitrogens with one attached hydrogen (secondary N) is 1. The third-order valence-corrected chi connectivity index (χ3v) is 4.57. The molecule has 1 aromatic carbocycles. The van der Waals surface area contributed by atoms with Crippen molar-refractivity contribution >= 4 is 21.9 Å². The van der Waals surface area contributed by atoms with E-state index in [0.717, 1.165) is 26.9 Å². The Balaban J connectivity index is 2.40. The summed E-state index contributed by atoms with van der Waals surface area (Å²) in [5.41, 5.74) is 3.23. The zero-order valence-electron chi connectivity index (χ0n) is 11.3. The summed E-state index contributed by atoms with van der Waals surface area (Å²) in [6.07, 6.45) is 0.605. The summed E-state index contributed by atoms with van der Waals surface area (Å²) < 4.78 is 6.54. The molecule has 0 aliphatic carbocycles. The Morgan fingerprint density at radius 2 is 2.21 bits per heavy atom. The van der Waals surface area contributed by atoms with Crippen LogP contribution in [0.2, 0.25) is 0 Å². The van der Waals surface area contributed by atoms with Crippen molar-refractivity contribution in [2.75, 3.05) is 13.7 Å². The summed E-state index contributed by atoms with van der Waals surface area (Å²) in [7, 11) is 1.65. The van der Waals surface area contributed by atoms with E-state index in [0.29, 0.717) is 13.0 Å². The predicted molar refractivity (Wildman–Crippen MR) is 76.7 cm³/mol. The van der Waals surface area contributed by atoms with Gasteiger partial charge >= 0.3 is 5.97 Å². The first kappa shape index (κ1) is 14.3. The van der Waals surface area contributed by atoms with E-state index in [1.807, 2.05) is 13.8 Å². The molecule has 0 spiro atoms. The highest BCUT2D eigenvalue weighted by Crippen LogP contribution is 2.40. The van der Waals surface area contributed by atoms with Gasteiger partial charge in [-0.3, -0.25) is 4.79 Å². The molecule has 1 aliphatic rings. The van der Waals surface area contributed by atoms with Gasteiger partial charge in [-0.25, -0.2) is 0 Å². The van der Waals surface area contributed by atoms with Crippen molar-refractivity contribution < 1.29 is 14.6 Å². The third-order valence-electron chi connectivity index (χ3n) is 3.74. The molecule has 104 valence electrons. The van der Waals surface area contributed by atoms with Gasteiger partial charge in [0.25, 0.3) is 0 Å². The summed E-state index contributed by atoms with van der Waals surface area (Å²) >= 11 is 3.52. The third kappa shape index (κ3) is 2.62. The number of ether oxygens (including phenoxy) is 1. The molecule has 0 bridgehead atoms. The number of carboxylic acid groups (broad SMARTS) is 1. The summed E-state index contributed by atoms with van der Waals surface area (Å²) in [6.45, 7) is 4.53. The van der Waals surface area contributed by atoms with Gasteiger partial charge in [-0.15, -0.1) is 0 Å². The average Bonchev–Trinajstić information content (AvgIpc) is 2.82. The van der Waals surface area contributed by atoms with E-state index in [4.69, 9.17) is 9.84 Å². The minimum atomic E-state index is -0.736. The topological polar surface area (TPSA) is 58.6 Å². The van der Waals surface area contributed by atoms with Crippen LogP contribution in [-0.4, -0.2) is 24.7 Å². The molecule has 1 aliphatic heterocycles. The molecule has 5 heteroatoms. The van der Waals surface area contributed by atoms with Crippen LogP contribution in [0, 0.1) is 19.8 Å². The number of aryl methyl sites for hydroxylation is 1. The second-order valence-electron chi connectivity index (χ2n) is 4.98. The highest BCUT2D eigenvalue weighted by Gasteiger charge is 2.33. The Bertz CT molecular complexity index is 516. The lowest BCUT2D eigenvalue weighted by Gasteiger charge is -2.20. The maximum absolute atomic E-state index is 11.1. The molecular formula is C14H18BrNO3. The molecule has 0 saturated carbocycles. The van der Waals surface area contributed by atoms with Gasteiger partial charge in [0.2, 0.25) is 0 Å². The molecule has 2 rings (SSSR count). The van der Waals surface area contributed by atoms with E-state index in [9.17, 15) is 4.79 Å². The predicted octanol–water partition coefficient (Wildman–Crippen LogP) is 2.81. The minimum Gasteiger partial charge on any atom is -0.496 e. The van der Waals surface area contributed by atoms with Gasteiger partial charge in [-0.2, -0.15) is 0 Å². The molecule has 0 radical (unpaired) electrons. The van der Waals surface area contributed by atoms with Crippen molar-refractivity contribution in [3.63, 3.8) is 0 Å². The van der Waals surface area contributed by atoms with Gasteiger partial charge in [0.05, 0.1) is 13.0 Å². The molecule has 2 atom stereocenters. The normalized spacial score (nSPS) is 22.5. The average molecular weight is 328 g/mol. The highest BCUT2D eigenvalue weighted by molar-refractivity contribution is 9.10. The van der Waals surface area contributed by atoms with Crippen LogP contribution in [0.1, 0.15) is 29.2 Å². The van der Waals surface area contributed by atoms with E-state index in [-0.39, 0.29) is 12.0 Å². The van der Waals surface area contributed by atoms with Crippen LogP contribution in [0.4, 0.5) is 0 Å². The number of benzene rings is 1. The number of methoxy groups -OCH3 is 1. The van der Waals surface area contributed by atoms with Gasteiger partial charge in [-0.1, -0.05) is 15.9 Å². The molecule has 19 heavy (non-hydrogen) atoms. The number of carboxylic acids is 1. The largest absolute Gasteiger partial charge is 0.496 e. The number of rotatable bonds is 3. The van der Waals surface area contributed by atoms with Crippen molar-refractivity contribution in [3.05, 3.63) is 27.2 Å². The number of aliphatic carboxylic acids is 1. The Labute approximate surface area is 121 Å². The Kier molecular flexibility index (Phi) is 4.16. The standard InChI is InChI=1S/C14H18BrNO3/c1-7-4-10(15)8(2)13(19-3)12(7)11-5-9(6-16-11)14(17)18/h4,9,11,16H,5-6H2,1-3H3,(H,17,18). The number of hydrogen-bond donors (Lipinski definition) is 2. The molecule has 1 aromatic rings. The zero-order chi connectivity index (χ0) is 14.2. The lowest BCUT2D eigenvalue weighted by Crippen LogP contribution is -2.18. The van der Waals surface area contributed by atoms with Crippen LogP contribution in [0.25, 0.3) is 0 Å². The van der Waals surface area contributed by atoms with Crippen LogP contribution in [0.3, 0.4) is 0 Å². The monoisotopic (exact) mass is 327 g/mol. The van der Waals surface area contributed by atoms with E-state index in [2.05, 4.69) is 27.3 Å². The molecule has 1 heterocycles. The maximum Gasteiger partial charge on any atom is 0.307 e. The summed E-state index contributed by atoms with van der Waals surface area (Å²) in [5.74, 6) is -0.214. The number of carbonyl (C=O) groups is 1. The van der Waals surface area contributed by atoms with Crippen molar-refractivity contribution in [1.82, 2.24) is 5.32 Å². The highest BCUT2D eigenvalue weighted by atomic mass is 79.9. The van der Waals surface area contributed by atoms with Crippen LogP contribution in [-0.2, 0) is 4.79 Å². The molecule has 1 saturated heterocycles. The molecular weight excluding hydrogens is 310 g/mol. The molecule has 4 nitrogen and oxygen atoms in total. The van der Waals surface area contributed by atoms with Crippen LogP contribution in [0.15, 0.2) is 10.5 Å². The molecule has 2 unspecified atom stereocenters. The first-order valence-corrected chi connectivity index (χ1v) is 7.04. The molecule has 2 N–H and O–H groups in total. The van der Waals surface area contributed by atoms with Crippen LogP contribution < -0.4 is 10.1 Å². The van der Waals surface area contributed by atoms with Gasteiger partial charge in [0.15, 0.2) is 0 Å². The lowest BCUT2D eigenvalue weighted by molar-refractivity contribution is -0.141. The van der Waals surface area contributed by atoms with Gasteiger partial charge in [-0.05, 0) is 31.9 Å². The van der Waals surface area contributed by atoms with E-state index >= 15 is 0 Å². The Hall–Kier alpha value is -1.07. The fourth-order valence-corrected chi connectivity index (χ4v) is 3.23. The summed E-state index contributed by atoms with van der Waals surface area (Å²) in [6, 6.07) is 2.10. The molecule has 0 aromatic heterocycles. The smallest absolute Gasteiger partial charge is 0.307 e. The first-order valence-electron chi connectivity index (χ1n) is 6.25. The van der Waals surface area contributed by atoms with Gasteiger partial charge < -0.3 is 15.2 Å². The second kappa shape index (κ2) is 5.51. The zero-order valence-corrected chi connectivity index (χ0v) is 12.9. The summed E-state index contributed by atoms with van der Waals surface area (Å²) in [4.78, 5) is 11.1. The van der Waals surface area contributed by atoms with Crippen LogP contribution >= 0.6 is 15.9 Å². The van der Waals surface area contributed by atoms with Crippen molar-refractivity contribution in [3.8, 4) is 5.75 Å². The Morgan fingerprint density at radius 1 is 1.53 bits per heavy atom. The van der Waals surface area contributed by atoms with E-state index in [1.165, 1.54) is 0 Å². The minimum absolute atomic E-state index is 0.0443. The summed E-state index contributed by atoms with van der Waals surface area (Å²) in [5, 5.41) is 12.4. The fourth-order valence-electron chi connectivity index (χ4n) is 2.71. The van der Waals surface area contributed by atoms with Crippen molar-refractivity contribution in [2.45, 2.75) is 26.3 Å². The molecule has 1 fully saturated rings. The lowest BCUT2D eigenvalue weighted by atomic mass is 9.94. The van der Waals surface area contributed by atoms with E-state index < -0.39 is 5.97 Å². The van der Waals surface area contributed by atoms with Crippen molar-refractivity contribution in [1.29, 1.82) is 0 Å². The fraction of sp³-hybridized carbons (Fsp3) is 0.500. The van der Waals surface area contributed by atoms with Crippen LogP contribution in [0.5, 0.6) is 5.75 Å². The quantitative estimate of drug-likeness (QED) is 0.896.